The molecule has 1 heterocycles. The van der Waals surface area contributed by atoms with Crippen LogP contribution in [0.4, 0.5) is 0 Å². The van der Waals surface area contributed by atoms with Gasteiger partial charge in [0.15, 0.2) is 0 Å². The molecule has 10 nitrogen and oxygen atoms in total. The fraction of sp³-hybridized carbons (Fsp3) is 0.778. The van der Waals surface area contributed by atoms with Crippen LogP contribution >= 0.6 is 19.4 Å². The third-order valence-corrected chi connectivity index (χ3v) is 7.27. The van der Waals surface area contributed by atoms with E-state index in [4.69, 9.17) is 4.89 Å². The molecule has 3 amide bonds. The summed E-state index contributed by atoms with van der Waals surface area (Å²) in [5.41, 5.74) is 0. The fourth-order valence-electron chi connectivity index (χ4n) is 3.60. The quantitative estimate of drug-likeness (QED) is 0.143. The third kappa shape index (κ3) is 9.31. The van der Waals surface area contributed by atoms with Gasteiger partial charge < -0.3 is 20.3 Å². The van der Waals surface area contributed by atoms with Crippen LogP contribution in [0, 0.1) is 11.8 Å². The Bertz CT molecular complexity index is 700. The number of nitrogens with zero attached hydrogens (tertiary/aromatic N) is 1. The molecule has 13 heteroatoms. The molecule has 0 aromatic carbocycles. The average Bonchev–Trinajstić information content (AvgIpc) is 2.96. The van der Waals surface area contributed by atoms with Gasteiger partial charge in [0.05, 0.1) is 5.25 Å². The van der Waals surface area contributed by atoms with Gasteiger partial charge in [-0.05, 0) is 44.4 Å². The first-order valence-corrected chi connectivity index (χ1v) is 12.9. The molecule has 173 valence electrons. The molecule has 0 aromatic rings. The van der Waals surface area contributed by atoms with Crippen LogP contribution in [0.5, 0.6) is 0 Å². The molecule has 1 aliphatic carbocycles. The summed E-state index contributed by atoms with van der Waals surface area (Å²) in [5.74, 6) is -0.326. The van der Waals surface area contributed by atoms with E-state index in [1.54, 1.807) is 7.05 Å². The minimum atomic E-state index is -3.63. The van der Waals surface area contributed by atoms with Crippen LogP contribution in [0.1, 0.15) is 32.1 Å². The number of thioether (sulfide) groups is 1. The van der Waals surface area contributed by atoms with Gasteiger partial charge in [0.2, 0.25) is 17.7 Å². The first kappa shape index (κ1) is 28.9. The standard InChI is InChI=1S/C18H29N3O7PS.Y/c1-19-14(9-22)10-30-15-7-16(23)21(18(15)25)8-12-3-5-13(6-4-12)17(24)20-11-28-29(2,26)27;/h12-15,19H,3-8,10-11H2,1-2H3,(H,20,24)(H,26,27);/q-1;. The van der Waals surface area contributed by atoms with Crippen molar-refractivity contribution in [3.63, 3.8) is 0 Å². The van der Waals surface area contributed by atoms with Crippen molar-refractivity contribution in [3.8, 4) is 0 Å². The topological polar surface area (TPSA) is 142 Å². The molecule has 0 spiro atoms. The third-order valence-electron chi connectivity index (χ3n) is 5.37. The van der Waals surface area contributed by atoms with Gasteiger partial charge in [-0.25, -0.2) is 6.29 Å². The number of rotatable bonds is 11. The molecule has 1 aliphatic heterocycles. The average molecular weight is 551 g/mol. The second-order valence-corrected chi connectivity index (χ2v) is 10.8. The fourth-order valence-corrected chi connectivity index (χ4v) is 5.09. The molecule has 3 atom stereocenters. The van der Waals surface area contributed by atoms with Crippen LogP contribution in [0.25, 0.3) is 0 Å². The predicted molar refractivity (Wildman–Crippen MR) is 111 cm³/mol. The smallest absolute Gasteiger partial charge is 0.326 e. The van der Waals surface area contributed by atoms with Gasteiger partial charge in [-0.2, -0.15) is 0 Å². The molecular formula is C18H29N3O7PSY-. The van der Waals surface area contributed by atoms with Crippen molar-refractivity contribution in [2.24, 2.45) is 11.8 Å². The summed E-state index contributed by atoms with van der Waals surface area (Å²) in [6.07, 6.45) is 4.65. The molecule has 31 heavy (non-hydrogen) atoms. The van der Waals surface area contributed by atoms with E-state index in [9.17, 15) is 23.7 Å². The van der Waals surface area contributed by atoms with Gasteiger partial charge in [0, 0.05) is 58.3 Å². The Kier molecular flexibility index (Phi) is 12.6. The number of carbonyl (C=O) groups is 3. The van der Waals surface area contributed by atoms with Gasteiger partial charge in [0.1, 0.15) is 6.73 Å². The van der Waals surface area contributed by atoms with E-state index in [0.717, 1.165) is 6.66 Å². The zero-order valence-electron chi connectivity index (χ0n) is 17.7. The van der Waals surface area contributed by atoms with E-state index in [0.29, 0.717) is 38.0 Å². The molecule has 3 N–H and O–H groups in total. The van der Waals surface area contributed by atoms with E-state index >= 15 is 0 Å². The van der Waals surface area contributed by atoms with Gasteiger partial charge in [-0.15, -0.1) is 11.8 Å². The zero-order chi connectivity index (χ0) is 22.3. The maximum absolute atomic E-state index is 12.6. The monoisotopic (exact) mass is 551 g/mol. The summed E-state index contributed by atoms with van der Waals surface area (Å²) in [7, 11) is -1.99. The maximum Gasteiger partial charge on any atom is 0.326 e. The van der Waals surface area contributed by atoms with Crippen LogP contribution in [0.3, 0.4) is 0 Å². The van der Waals surface area contributed by atoms with Gasteiger partial charge >= 0.3 is 7.60 Å². The van der Waals surface area contributed by atoms with Crippen LogP contribution in [0.15, 0.2) is 0 Å². The number of nitrogens with one attached hydrogen (secondary N) is 2. The molecule has 1 saturated carbocycles. The number of likely N-dealkylation sites (N-methyl/N-ethyl adjacent to an activating group) is 1. The van der Waals surface area contributed by atoms with Crippen molar-refractivity contribution in [3.05, 3.63) is 0 Å². The SMILES string of the molecule is CNC([C-]=O)CSC1CC(=O)N(CC2CCC(C(=O)NCOP(C)(=O)O)CC2)C1=O.[Y]. The van der Waals surface area contributed by atoms with Crippen molar-refractivity contribution in [1.82, 2.24) is 15.5 Å². The van der Waals surface area contributed by atoms with Gasteiger partial charge in [-0.3, -0.25) is 28.4 Å². The number of likely N-dealkylation sites (tertiary alicyclic amines) is 1. The van der Waals surface area contributed by atoms with E-state index in [2.05, 4.69) is 15.2 Å². The maximum atomic E-state index is 12.6. The predicted octanol–water partition coefficient (Wildman–Crippen LogP) is 0.254. The minimum Gasteiger partial charge on any atom is -0.540 e. The van der Waals surface area contributed by atoms with Crippen molar-refractivity contribution in [2.45, 2.75) is 43.4 Å². The molecule has 2 fully saturated rings. The Labute approximate surface area is 211 Å². The Balaban J connectivity index is 0.00000480. The second kappa shape index (κ2) is 13.5. The molecule has 0 aromatic heterocycles. The number of hydrogen-bond donors (Lipinski definition) is 3. The summed E-state index contributed by atoms with van der Waals surface area (Å²) < 4.78 is 15.7. The number of carbonyl (C=O) groups excluding carboxylic acids is 4. The Morgan fingerprint density at radius 2 is 2.00 bits per heavy atom. The van der Waals surface area contributed by atoms with Gasteiger partial charge in [0.25, 0.3) is 0 Å². The zero-order valence-corrected chi connectivity index (χ0v) is 22.3. The van der Waals surface area contributed by atoms with E-state index in [-0.39, 0.29) is 75.4 Å². The van der Waals surface area contributed by atoms with Crippen molar-refractivity contribution < 1.29 is 65.9 Å². The van der Waals surface area contributed by atoms with Gasteiger partial charge in [-0.1, -0.05) is 6.04 Å². The summed E-state index contributed by atoms with van der Waals surface area (Å²) in [6, 6.07) is -0.472. The van der Waals surface area contributed by atoms with Crippen LogP contribution < -0.4 is 10.6 Å². The molecular weight excluding hydrogens is 522 g/mol. The van der Waals surface area contributed by atoms with Crippen LogP contribution in [0.2, 0.25) is 0 Å². The summed E-state index contributed by atoms with van der Waals surface area (Å²) in [6.45, 7) is 1.09. The molecule has 0 bridgehead atoms. The number of hydrogen-bond acceptors (Lipinski definition) is 8. The van der Waals surface area contributed by atoms with Crippen LogP contribution in [-0.2, 0) is 61.0 Å². The first-order valence-electron chi connectivity index (χ1n) is 9.87. The van der Waals surface area contributed by atoms with Crippen molar-refractivity contribution >= 4 is 43.4 Å². The minimum absolute atomic E-state index is 0. The Morgan fingerprint density at radius 3 is 2.55 bits per heavy atom. The molecule has 3 unspecified atom stereocenters. The molecule has 2 rings (SSSR count). The first-order chi connectivity index (χ1) is 14.1. The molecule has 2 aliphatic rings. The number of amides is 3. The Morgan fingerprint density at radius 1 is 1.35 bits per heavy atom. The summed E-state index contributed by atoms with van der Waals surface area (Å²) >= 11 is 1.29. The Hall–Kier alpha value is -0.156. The van der Waals surface area contributed by atoms with Crippen LogP contribution in [-0.4, -0.2) is 77.8 Å². The van der Waals surface area contributed by atoms with Crippen molar-refractivity contribution in [1.29, 1.82) is 0 Å². The van der Waals surface area contributed by atoms with E-state index in [1.165, 1.54) is 16.7 Å². The molecule has 1 saturated heterocycles. The number of imide groups is 1. The largest absolute Gasteiger partial charge is 0.540 e. The summed E-state index contributed by atoms with van der Waals surface area (Å²) in [4.78, 5) is 58.2. The normalized spacial score (nSPS) is 26.7. The molecule has 1 radical (unpaired) electrons. The van der Waals surface area contributed by atoms with Crippen molar-refractivity contribution in [2.75, 3.05) is 32.7 Å². The van der Waals surface area contributed by atoms with E-state index in [1.807, 2.05) is 6.29 Å². The van der Waals surface area contributed by atoms with E-state index < -0.39 is 18.9 Å². The second-order valence-electron chi connectivity index (χ2n) is 7.66. The summed E-state index contributed by atoms with van der Waals surface area (Å²) in [5, 5.41) is 4.83.